The summed E-state index contributed by atoms with van der Waals surface area (Å²) in [5, 5.41) is 0. The van der Waals surface area contributed by atoms with Crippen molar-refractivity contribution in [2.75, 3.05) is 0 Å². The first kappa shape index (κ1) is 14.7. The SMILES string of the molecule is CC1=C(c2ccnc(C(N)Cc3ccccc3)n2)CCC=C1. The van der Waals surface area contributed by atoms with Gasteiger partial charge in [-0.2, -0.15) is 0 Å². The highest BCUT2D eigenvalue weighted by Gasteiger charge is 2.14. The minimum Gasteiger partial charge on any atom is -0.321 e. The van der Waals surface area contributed by atoms with Crippen molar-refractivity contribution in [1.29, 1.82) is 0 Å². The fourth-order valence-electron chi connectivity index (χ4n) is 2.80. The van der Waals surface area contributed by atoms with Gasteiger partial charge in [-0.15, -0.1) is 0 Å². The van der Waals surface area contributed by atoms with Gasteiger partial charge in [0.1, 0.15) is 5.82 Å². The van der Waals surface area contributed by atoms with E-state index in [-0.39, 0.29) is 6.04 Å². The summed E-state index contributed by atoms with van der Waals surface area (Å²) in [4.78, 5) is 9.09. The van der Waals surface area contributed by atoms with Gasteiger partial charge in [0.25, 0.3) is 0 Å². The van der Waals surface area contributed by atoms with Gasteiger partial charge in [-0.05, 0) is 49.0 Å². The summed E-state index contributed by atoms with van der Waals surface area (Å²) in [6.07, 6.45) is 9.06. The molecule has 0 amide bonds. The van der Waals surface area contributed by atoms with Crippen LogP contribution in [-0.4, -0.2) is 9.97 Å². The molecule has 1 aliphatic rings. The summed E-state index contributed by atoms with van der Waals surface area (Å²) in [7, 11) is 0. The molecule has 3 rings (SSSR count). The van der Waals surface area contributed by atoms with Gasteiger partial charge in [0, 0.05) is 6.20 Å². The molecule has 1 heterocycles. The second kappa shape index (κ2) is 6.67. The van der Waals surface area contributed by atoms with E-state index in [9.17, 15) is 0 Å². The molecular formula is C19H21N3. The smallest absolute Gasteiger partial charge is 0.145 e. The first-order valence-corrected chi connectivity index (χ1v) is 7.73. The molecular weight excluding hydrogens is 270 g/mol. The number of rotatable bonds is 4. The van der Waals surface area contributed by atoms with E-state index < -0.39 is 0 Å². The molecule has 3 nitrogen and oxygen atoms in total. The molecule has 0 fully saturated rings. The number of nitrogens with two attached hydrogens (primary N) is 1. The van der Waals surface area contributed by atoms with Crippen LogP contribution >= 0.6 is 0 Å². The first-order chi connectivity index (χ1) is 10.7. The Morgan fingerprint density at radius 2 is 2.00 bits per heavy atom. The molecule has 2 aromatic rings. The normalized spacial score (nSPS) is 15.9. The summed E-state index contributed by atoms with van der Waals surface area (Å²) < 4.78 is 0. The number of nitrogens with zero attached hydrogens (tertiary/aromatic N) is 2. The average molecular weight is 291 g/mol. The number of hydrogen-bond acceptors (Lipinski definition) is 3. The predicted molar refractivity (Wildman–Crippen MR) is 90.1 cm³/mol. The van der Waals surface area contributed by atoms with E-state index >= 15 is 0 Å². The monoisotopic (exact) mass is 291 g/mol. The van der Waals surface area contributed by atoms with Gasteiger partial charge in [-0.25, -0.2) is 9.97 Å². The topological polar surface area (TPSA) is 51.8 Å². The highest BCUT2D eigenvalue weighted by molar-refractivity contribution is 5.69. The second-order valence-corrected chi connectivity index (χ2v) is 5.70. The Morgan fingerprint density at radius 1 is 1.18 bits per heavy atom. The summed E-state index contributed by atoms with van der Waals surface area (Å²) in [5.74, 6) is 0.719. The Kier molecular flexibility index (Phi) is 4.45. The molecule has 0 spiro atoms. The molecule has 112 valence electrons. The molecule has 3 heteroatoms. The van der Waals surface area contributed by atoms with Crippen molar-refractivity contribution in [3.05, 3.63) is 77.4 Å². The zero-order chi connectivity index (χ0) is 15.4. The van der Waals surface area contributed by atoms with Gasteiger partial charge in [-0.1, -0.05) is 42.5 Å². The van der Waals surface area contributed by atoms with Crippen molar-refractivity contribution in [3.63, 3.8) is 0 Å². The standard InChI is InChI=1S/C19H21N3/c1-14-7-5-6-10-16(14)18-11-12-21-19(22-18)17(20)13-15-8-3-2-4-9-15/h2-5,7-9,11-12,17H,6,10,13,20H2,1H3. The molecule has 1 aromatic heterocycles. The summed E-state index contributed by atoms with van der Waals surface area (Å²) in [5.41, 5.74) is 11.1. The van der Waals surface area contributed by atoms with Gasteiger partial charge < -0.3 is 5.73 Å². The van der Waals surface area contributed by atoms with E-state index in [1.54, 1.807) is 0 Å². The maximum atomic E-state index is 6.31. The van der Waals surface area contributed by atoms with Gasteiger partial charge in [-0.3, -0.25) is 0 Å². The van der Waals surface area contributed by atoms with Gasteiger partial charge in [0.15, 0.2) is 0 Å². The zero-order valence-electron chi connectivity index (χ0n) is 12.9. The van der Waals surface area contributed by atoms with Crippen LogP contribution in [0.3, 0.4) is 0 Å². The van der Waals surface area contributed by atoms with Crippen LogP contribution in [-0.2, 0) is 6.42 Å². The lowest BCUT2D eigenvalue weighted by atomic mass is 9.96. The molecule has 1 atom stereocenters. The Bertz CT molecular complexity index is 702. The third-order valence-corrected chi connectivity index (χ3v) is 4.02. The minimum absolute atomic E-state index is 0.178. The number of aromatic nitrogens is 2. The highest BCUT2D eigenvalue weighted by Crippen LogP contribution is 2.27. The summed E-state index contributed by atoms with van der Waals surface area (Å²) >= 11 is 0. The van der Waals surface area contributed by atoms with Crippen LogP contribution in [0.2, 0.25) is 0 Å². The average Bonchev–Trinajstić information content (AvgIpc) is 2.56. The maximum absolute atomic E-state index is 6.31. The molecule has 1 unspecified atom stereocenters. The Morgan fingerprint density at radius 3 is 2.77 bits per heavy atom. The third-order valence-electron chi connectivity index (χ3n) is 4.02. The molecule has 0 bridgehead atoms. The first-order valence-electron chi connectivity index (χ1n) is 7.73. The van der Waals surface area contributed by atoms with Crippen LogP contribution < -0.4 is 5.73 Å². The zero-order valence-corrected chi connectivity index (χ0v) is 12.9. The van der Waals surface area contributed by atoms with Crippen LogP contribution in [0.5, 0.6) is 0 Å². The molecule has 0 saturated heterocycles. The van der Waals surface area contributed by atoms with Crippen molar-refractivity contribution in [2.24, 2.45) is 5.73 Å². The molecule has 22 heavy (non-hydrogen) atoms. The van der Waals surface area contributed by atoms with E-state index in [2.05, 4.69) is 36.2 Å². The molecule has 0 saturated carbocycles. The lowest BCUT2D eigenvalue weighted by Gasteiger charge is -2.15. The van der Waals surface area contributed by atoms with E-state index in [4.69, 9.17) is 10.7 Å². The van der Waals surface area contributed by atoms with Crippen molar-refractivity contribution in [1.82, 2.24) is 9.97 Å². The van der Waals surface area contributed by atoms with E-state index in [1.807, 2.05) is 30.5 Å². The van der Waals surface area contributed by atoms with Crippen LogP contribution in [0.25, 0.3) is 5.57 Å². The molecule has 1 aromatic carbocycles. The Labute approximate surface area is 131 Å². The lowest BCUT2D eigenvalue weighted by Crippen LogP contribution is -2.17. The van der Waals surface area contributed by atoms with Crippen molar-refractivity contribution >= 4 is 5.57 Å². The maximum Gasteiger partial charge on any atom is 0.145 e. The quantitative estimate of drug-likeness (QED) is 0.931. The van der Waals surface area contributed by atoms with Crippen LogP contribution in [0, 0.1) is 0 Å². The third kappa shape index (κ3) is 3.31. The number of allylic oxidation sites excluding steroid dienone is 4. The minimum atomic E-state index is -0.178. The van der Waals surface area contributed by atoms with Crippen molar-refractivity contribution in [3.8, 4) is 0 Å². The lowest BCUT2D eigenvalue weighted by molar-refractivity contribution is 0.665. The summed E-state index contributed by atoms with van der Waals surface area (Å²) in [6, 6.07) is 12.0. The number of benzene rings is 1. The predicted octanol–water partition coefficient (Wildman–Crippen LogP) is 3.84. The number of hydrogen-bond donors (Lipinski definition) is 1. The van der Waals surface area contributed by atoms with Crippen LogP contribution in [0.15, 0.2) is 60.3 Å². The Hall–Kier alpha value is -2.26. The van der Waals surface area contributed by atoms with Crippen molar-refractivity contribution in [2.45, 2.75) is 32.2 Å². The van der Waals surface area contributed by atoms with E-state index in [0.29, 0.717) is 0 Å². The van der Waals surface area contributed by atoms with Crippen LogP contribution in [0.1, 0.15) is 42.9 Å². The van der Waals surface area contributed by atoms with Crippen molar-refractivity contribution < 1.29 is 0 Å². The Balaban J connectivity index is 1.83. The summed E-state index contributed by atoms with van der Waals surface area (Å²) in [6.45, 7) is 2.14. The van der Waals surface area contributed by atoms with Crippen LogP contribution in [0.4, 0.5) is 0 Å². The molecule has 0 radical (unpaired) electrons. The molecule has 1 aliphatic carbocycles. The van der Waals surface area contributed by atoms with Gasteiger partial charge >= 0.3 is 0 Å². The van der Waals surface area contributed by atoms with Gasteiger partial charge in [0.2, 0.25) is 0 Å². The fourth-order valence-corrected chi connectivity index (χ4v) is 2.80. The molecule has 2 N–H and O–H groups in total. The largest absolute Gasteiger partial charge is 0.321 e. The fraction of sp³-hybridized carbons (Fsp3) is 0.263. The highest BCUT2D eigenvalue weighted by atomic mass is 14.9. The second-order valence-electron chi connectivity index (χ2n) is 5.70. The molecule has 0 aliphatic heterocycles. The van der Waals surface area contributed by atoms with E-state index in [0.717, 1.165) is 30.8 Å². The van der Waals surface area contributed by atoms with Gasteiger partial charge in [0.05, 0.1) is 11.7 Å². The van der Waals surface area contributed by atoms with E-state index in [1.165, 1.54) is 16.7 Å².